The van der Waals surface area contributed by atoms with Crippen LogP contribution in [0.3, 0.4) is 0 Å². The van der Waals surface area contributed by atoms with Crippen molar-refractivity contribution in [3.8, 4) is 22.2 Å². The summed E-state index contributed by atoms with van der Waals surface area (Å²) in [6, 6.07) is 9.62. The fourth-order valence-corrected chi connectivity index (χ4v) is 4.18. The maximum atomic E-state index is 12.6. The lowest BCUT2D eigenvalue weighted by molar-refractivity contribution is -0.135. The summed E-state index contributed by atoms with van der Waals surface area (Å²) in [5, 5.41) is 6.04. The standard InChI is InChI=1S/C23H26N4O4S/c1-3-5-17-7-8-18(19(14-17)29-2)30-16-22(28)27-11-9-26(10-12-27)15-21-24-23(25-31-21)20-6-4-13-32-20/h3-4,6-8,13-14H,1,5,9-12,15-16H2,2H3. The van der Waals surface area contributed by atoms with E-state index < -0.39 is 0 Å². The molecule has 1 fully saturated rings. The van der Waals surface area contributed by atoms with Crippen LogP contribution in [-0.4, -0.2) is 65.7 Å². The van der Waals surface area contributed by atoms with Crippen LogP contribution < -0.4 is 9.47 Å². The Hall–Kier alpha value is -3.17. The van der Waals surface area contributed by atoms with Crippen molar-refractivity contribution in [2.75, 3.05) is 39.9 Å². The second kappa shape index (κ2) is 10.4. The summed E-state index contributed by atoms with van der Waals surface area (Å²) in [5.41, 5.74) is 1.08. The molecule has 0 N–H and O–H groups in total. The molecule has 1 amide bonds. The number of carbonyl (C=O) groups is 1. The third-order valence-electron chi connectivity index (χ3n) is 5.25. The van der Waals surface area contributed by atoms with Crippen molar-refractivity contribution in [2.45, 2.75) is 13.0 Å². The number of allylic oxidation sites excluding steroid dienone is 1. The molecular formula is C23H26N4O4S. The van der Waals surface area contributed by atoms with Crippen LogP contribution in [0.2, 0.25) is 0 Å². The fourth-order valence-electron chi connectivity index (χ4n) is 3.53. The van der Waals surface area contributed by atoms with Crippen LogP contribution >= 0.6 is 11.3 Å². The first kappa shape index (κ1) is 22.0. The largest absolute Gasteiger partial charge is 0.493 e. The van der Waals surface area contributed by atoms with E-state index in [1.165, 1.54) is 0 Å². The SMILES string of the molecule is C=CCc1ccc(OCC(=O)N2CCN(Cc3nc(-c4cccs4)no3)CC2)c(OC)c1. The van der Waals surface area contributed by atoms with Gasteiger partial charge < -0.3 is 18.9 Å². The van der Waals surface area contributed by atoms with Gasteiger partial charge in [-0.3, -0.25) is 9.69 Å². The number of carbonyl (C=O) groups excluding carboxylic acids is 1. The van der Waals surface area contributed by atoms with Crippen LogP contribution in [0.4, 0.5) is 0 Å². The highest BCUT2D eigenvalue weighted by molar-refractivity contribution is 7.13. The van der Waals surface area contributed by atoms with Gasteiger partial charge in [-0.1, -0.05) is 23.4 Å². The lowest BCUT2D eigenvalue weighted by Crippen LogP contribution is -2.49. The summed E-state index contributed by atoms with van der Waals surface area (Å²) in [6.07, 6.45) is 2.58. The van der Waals surface area contributed by atoms with Crippen molar-refractivity contribution in [1.82, 2.24) is 19.9 Å². The number of methoxy groups -OCH3 is 1. The van der Waals surface area contributed by atoms with Gasteiger partial charge in [-0.25, -0.2) is 0 Å². The maximum Gasteiger partial charge on any atom is 0.260 e. The molecule has 168 valence electrons. The van der Waals surface area contributed by atoms with Gasteiger partial charge in [0.25, 0.3) is 5.91 Å². The topological polar surface area (TPSA) is 80.9 Å². The van der Waals surface area contributed by atoms with Crippen LogP contribution in [0, 0.1) is 0 Å². The molecule has 0 aliphatic carbocycles. The van der Waals surface area contributed by atoms with Crippen molar-refractivity contribution in [3.05, 3.63) is 59.8 Å². The molecule has 1 aliphatic rings. The Kier molecular flexibility index (Phi) is 7.18. The number of nitrogens with zero attached hydrogens (tertiary/aromatic N) is 4. The van der Waals surface area contributed by atoms with E-state index in [1.54, 1.807) is 18.4 Å². The Bertz CT molecular complexity index is 1040. The van der Waals surface area contributed by atoms with Crippen molar-refractivity contribution in [3.63, 3.8) is 0 Å². The minimum Gasteiger partial charge on any atom is -0.493 e. The van der Waals surface area contributed by atoms with Gasteiger partial charge in [-0.15, -0.1) is 17.9 Å². The first-order chi connectivity index (χ1) is 15.7. The molecule has 0 spiro atoms. The molecule has 2 aromatic heterocycles. The van der Waals surface area contributed by atoms with Gasteiger partial charge in [-0.2, -0.15) is 4.98 Å². The van der Waals surface area contributed by atoms with Gasteiger partial charge in [0.05, 0.1) is 18.5 Å². The van der Waals surface area contributed by atoms with E-state index in [0.717, 1.165) is 30.0 Å². The molecule has 1 aliphatic heterocycles. The van der Waals surface area contributed by atoms with Crippen LogP contribution in [0.5, 0.6) is 11.5 Å². The van der Waals surface area contributed by atoms with E-state index >= 15 is 0 Å². The van der Waals surface area contributed by atoms with Crippen molar-refractivity contribution in [1.29, 1.82) is 0 Å². The molecule has 4 rings (SSSR count). The third kappa shape index (κ3) is 5.35. The molecule has 3 heterocycles. The Labute approximate surface area is 191 Å². The predicted molar refractivity (Wildman–Crippen MR) is 122 cm³/mol. The molecule has 1 saturated heterocycles. The number of thiophene rings is 1. The Balaban J connectivity index is 1.24. The van der Waals surface area contributed by atoms with Gasteiger partial charge in [0.1, 0.15) is 0 Å². The molecule has 3 aromatic rings. The molecule has 0 atom stereocenters. The summed E-state index contributed by atoms with van der Waals surface area (Å²) in [5.74, 6) is 2.34. The van der Waals surface area contributed by atoms with Gasteiger partial charge in [0.2, 0.25) is 11.7 Å². The minimum atomic E-state index is -0.0420. The fraction of sp³-hybridized carbons (Fsp3) is 0.348. The Morgan fingerprint density at radius 1 is 1.25 bits per heavy atom. The van der Waals surface area contributed by atoms with Crippen LogP contribution in [-0.2, 0) is 17.8 Å². The van der Waals surface area contributed by atoms with E-state index in [2.05, 4.69) is 21.6 Å². The number of hydrogen-bond acceptors (Lipinski definition) is 8. The van der Waals surface area contributed by atoms with Crippen molar-refractivity contribution < 1.29 is 18.8 Å². The zero-order chi connectivity index (χ0) is 22.3. The second-order valence-electron chi connectivity index (χ2n) is 7.41. The smallest absolute Gasteiger partial charge is 0.260 e. The Morgan fingerprint density at radius 3 is 2.81 bits per heavy atom. The zero-order valence-corrected chi connectivity index (χ0v) is 18.8. The zero-order valence-electron chi connectivity index (χ0n) is 18.0. The molecule has 9 heteroatoms. The molecule has 32 heavy (non-hydrogen) atoms. The van der Waals surface area contributed by atoms with Crippen LogP contribution in [0.15, 0.2) is 52.9 Å². The number of benzene rings is 1. The summed E-state index contributed by atoms with van der Waals surface area (Å²) in [4.78, 5) is 22.1. The first-order valence-electron chi connectivity index (χ1n) is 10.4. The lowest BCUT2D eigenvalue weighted by atomic mass is 10.1. The van der Waals surface area contributed by atoms with Gasteiger partial charge in [0, 0.05) is 26.2 Å². The Morgan fingerprint density at radius 2 is 2.09 bits per heavy atom. The van der Waals surface area contributed by atoms with Gasteiger partial charge in [0.15, 0.2) is 18.1 Å². The molecule has 8 nitrogen and oxygen atoms in total. The van der Waals surface area contributed by atoms with Gasteiger partial charge in [-0.05, 0) is 35.6 Å². The number of amides is 1. The average molecular weight is 455 g/mol. The van der Waals surface area contributed by atoms with Gasteiger partial charge >= 0.3 is 0 Å². The quantitative estimate of drug-likeness (QED) is 0.459. The summed E-state index contributed by atoms with van der Waals surface area (Å²) in [6.45, 7) is 7.03. The molecule has 0 radical (unpaired) electrons. The summed E-state index contributed by atoms with van der Waals surface area (Å²) >= 11 is 1.58. The highest BCUT2D eigenvalue weighted by atomic mass is 32.1. The average Bonchev–Trinajstić information content (AvgIpc) is 3.51. The van der Waals surface area contributed by atoms with Crippen LogP contribution in [0.1, 0.15) is 11.5 Å². The van der Waals surface area contributed by atoms with E-state index in [-0.39, 0.29) is 12.5 Å². The highest BCUT2D eigenvalue weighted by Gasteiger charge is 2.23. The van der Waals surface area contributed by atoms with Crippen molar-refractivity contribution in [2.24, 2.45) is 0 Å². The van der Waals surface area contributed by atoms with E-state index in [9.17, 15) is 4.79 Å². The monoisotopic (exact) mass is 454 g/mol. The summed E-state index contributed by atoms with van der Waals surface area (Å²) in [7, 11) is 1.59. The molecule has 0 bridgehead atoms. The van der Waals surface area contributed by atoms with Crippen molar-refractivity contribution >= 4 is 17.2 Å². The van der Waals surface area contributed by atoms with Crippen LogP contribution in [0.25, 0.3) is 10.7 Å². The minimum absolute atomic E-state index is 0.0228. The molecular weight excluding hydrogens is 428 g/mol. The maximum absolute atomic E-state index is 12.6. The normalized spacial score (nSPS) is 14.3. The third-order valence-corrected chi connectivity index (χ3v) is 6.12. The van der Waals surface area contributed by atoms with E-state index in [0.29, 0.717) is 42.8 Å². The molecule has 0 unspecified atom stereocenters. The predicted octanol–water partition coefficient (Wildman–Crippen LogP) is 3.26. The number of ether oxygens (including phenoxy) is 2. The van der Waals surface area contributed by atoms with E-state index in [4.69, 9.17) is 14.0 Å². The summed E-state index contributed by atoms with van der Waals surface area (Å²) < 4.78 is 16.5. The molecule has 1 aromatic carbocycles. The number of rotatable bonds is 9. The molecule has 0 saturated carbocycles. The lowest BCUT2D eigenvalue weighted by Gasteiger charge is -2.33. The number of aromatic nitrogens is 2. The number of piperazine rings is 1. The first-order valence-corrected chi connectivity index (χ1v) is 11.3. The van der Waals surface area contributed by atoms with E-state index in [1.807, 2.05) is 46.7 Å². The number of hydrogen-bond donors (Lipinski definition) is 0. The second-order valence-corrected chi connectivity index (χ2v) is 8.36. The highest BCUT2D eigenvalue weighted by Crippen LogP contribution is 2.28.